The molecule has 0 spiro atoms. The third kappa shape index (κ3) is 3.63. The van der Waals surface area contributed by atoms with Crippen molar-refractivity contribution in [1.82, 2.24) is 5.43 Å². The number of hydrogen-bond donors (Lipinski definition) is 2. The van der Waals surface area contributed by atoms with Crippen molar-refractivity contribution in [3.05, 3.63) is 59.2 Å². The maximum absolute atomic E-state index is 12.0. The van der Waals surface area contributed by atoms with Crippen LogP contribution in [0.25, 0.3) is 0 Å². The molecule has 5 nitrogen and oxygen atoms in total. The fourth-order valence-electron chi connectivity index (χ4n) is 1.95. The van der Waals surface area contributed by atoms with Gasteiger partial charge in [-0.2, -0.15) is 5.10 Å². The van der Waals surface area contributed by atoms with Crippen LogP contribution in [0.2, 0.25) is 0 Å². The number of benzene rings is 2. The quantitative estimate of drug-likeness (QED) is 0.673. The monoisotopic (exact) mass is 298 g/mol. The number of hydrazone groups is 1. The largest absolute Gasteiger partial charge is 0.504 e. The van der Waals surface area contributed by atoms with Crippen LogP contribution in [0, 0.1) is 6.92 Å². The Morgan fingerprint density at radius 2 is 1.95 bits per heavy atom. The van der Waals surface area contributed by atoms with Crippen LogP contribution in [0.15, 0.2) is 47.6 Å². The van der Waals surface area contributed by atoms with Crippen LogP contribution in [-0.4, -0.2) is 23.8 Å². The number of hydrogen-bond acceptors (Lipinski definition) is 4. The van der Waals surface area contributed by atoms with Gasteiger partial charge in [0.2, 0.25) is 0 Å². The van der Waals surface area contributed by atoms with Crippen molar-refractivity contribution in [2.75, 3.05) is 7.11 Å². The molecule has 0 aliphatic rings. The molecule has 0 heterocycles. The Kier molecular flexibility index (Phi) is 4.78. The van der Waals surface area contributed by atoms with Gasteiger partial charge >= 0.3 is 0 Å². The summed E-state index contributed by atoms with van der Waals surface area (Å²) in [5.41, 5.74) is 5.45. The van der Waals surface area contributed by atoms with Gasteiger partial charge in [0.25, 0.3) is 5.91 Å². The predicted octanol–water partition coefficient (Wildman–Crippen LogP) is 2.86. The Bertz CT molecular complexity index is 724. The highest BCUT2D eigenvalue weighted by molar-refractivity contribution is 6.01. The number of rotatable bonds is 4. The van der Waals surface area contributed by atoms with Crippen molar-refractivity contribution < 1.29 is 14.6 Å². The summed E-state index contributed by atoms with van der Waals surface area (Å²) in [6.45, 7) is 3.69. The average molecular weight is 298 g/mol. The Morgan fingerprint density at radius 1 is 1.18 bits per heavy atom. The summed E-state index contributed by atoms with van der Waals surface area (Å²) < 4.78 is 5.05. The molecule has 0 aliphatic heterocycles. The number of phenolic OH excluding ortho intramolecular Hbond substituents is 1. The molecule has 114 valence electrons. The fourth-order valence-corrected chi connectivity index (χ4v) is 1.95. The molecule has 0 fully saturated rings. The number of methoxy groups -OCH3 is 1. The second kappa shape index (κ2) is 6.76. The average Bonchev–Trinajstić information content (AvgIpc) is 2.52. The summed E-state index contributed by atoms with van der Waals surface area (Å²) in [5.74, 6) is 0.147. The number of aromatic hydroxyl groups is 1. The van der Waals surface area contributed by atoms with Crippen molar-refractivity contribution in [3.63, 3.8) is 0 Å². The molecule has 0 atom stereocenters. The Morgan fingerprint density at radius 3 is 2.64 bits per heavy atom. The molecule has 2 aromatic carbocycles. The lowest BCUT2D eigenvalue weighted by molar-refractivity contribution is 0.0954. The molecule has 0 aromatic heterocycles. The highest BCUT2D eigenvalue weighted by atomic mass is 16.5. The lowest BCUT2D eigenvalue weighted by Gasteiger charge is -2.07. The number of nitrogens with one attached hydrogen (secondary N) is 1. The van der Waals surface area contributed by atoms with E-state index < -0.39 is 0 Å². The number of nitrogens with zero attached hydrogens (tertiary/aromatic N) is 1. The first kappa shape index (κ1) is 15.6. The summed E-state index contributed by atoms with van der Waals surface area (Å²) in [7, 11) is 1.48. The minimum Gasteiger partial charge on any atom is -0.504 e. The van der Waals surface area contributed by atoms with E-state index in [1.165, 1.54) is 13.2 Å². The van der Waals surface area contributed by atoms with Crippen LogP contribution in [-0.2, 0) is 0 Å². The van der Waals surface area contributed by atoms with E-state index in [0.717, 1.165) is 11.1 Å². The summed E-state index contributed by atoms with van der Waals surface area (Å²) in [6.07, 6.45) is 0. The molecule has 0 saturated carbocycles. The van der Waals surface area contributed by atoms with Gasteiger partial charge in [0.1, 0.15) is 0 Å². The molecule has 1 amide bonds. The van der Waals surface area contributed by atoms with Gasteiger partial charge in [0.05, 0.1) is 12.8 Å². The molecule has 0 unspecified atom stereocenters. The maximum atomic E-state index is 12.0. The number of carbonyl (C=O) groups is 1. The molecule has 2 N–H and O–H groups in total. The first-order chi connectivity index (χ1) is 10.5. The number of ether oxygens (including phenoxy) is 1. The van der Waals surface area contributed by atoms with E-state index in [9.17, 15) is 9.90 Å². The lowest BCUT2D eigenvalue weighted by atomic mass is 10.1. The van der Waals surface area contributed by atoms with E-state index in [1.807, 2.05) is 19.1 Å². The fraction of sp³-hybridized carbons (Fsp3) is 0.176. The first-order valence-electron chi connectivity index (χ1n) is 6.80. The standard InChI is InChI=1S/C17H18N2O3/c1-11-5-4-6-14(9-11)17(21)19-18-12(2)13-7-8-15(20)16(10-13)22-3/h4-10,20H,1-3H3,(H,19,21). The molecule has 0 radical (unpaired) electrons. The van der Waals surface area contributed by atoms with Gasteiger partial charge in [-0.25, -0.2) is 5.43 Å². The molecule has 0 aliphatic carbocycles. The van der Waals surface area contributed by atoms with Crippen molar-refractivity contribution in [2.45, 2.75) is 13.8 Å². The van der Waals surface area contributed by atoms with Crippen molar-refractivity contribution in [2.24, 2.45) is 5.10 Å². The second-order valence-corrected chi connectivity index (χ2v) is 4.89. The minimum atomic E-state index is -0.270. The first-order valence-corrected chi connectivity index (χ1v) is 6.80. The molecule has 2 aromatic rings. The van der Waals surface area contributed by atoms with Gasteiger partial charge in [0, 0.05) is 11.1 Å². The smallest absolute Gasteiger partial charge is 0.271 e. The van der Waals surface area contributed by atoms with Gasteiger partial charge in [-0.15, -0.1) is 0 Å². The van der Waals surface area contributed by atoms with Crippen molar-refractivity contribution in [1.29, 1.82) is 0 Å². The van der Waals surface area contributed by atoms with Crippen LogP contribution >= 0.6 is 0 Å². The number of carbonyl (C=O) groups excluding carboxylic acids is 1. The number of aryl methyl sites for hydroxylation is 1. The van der Waals surface area contributed by atoms with Gasteiger partial charge < -0.3 is 9.84 Å². The molecule has 22 heavy (non-hydrogen) atoms. The zero-order valence-electron chi connectivity index (χ0n) is 12.8. The highest BCUT2D eigenvalue weighted by Crippen LogP contribution is 2.26. The third-order valence-electron chi connectivity index (χ3n) is 3.20. The van der Waals surface area contributed by atoms with Crippen LogP contribution in [0.4, 0.5) is 0 Å². The number of phenols is 1. The van der Waals surface area contributed by atoms with Gasteiger partial charge in [-0.05, 0) is 44.2 Å². The summed E-state index contributed by atoms with van der Waals surface area (Å²) in [6, 6.07) is 12.2. The van der Waals surface area contributed by atoms with Crippen molar-refractivity contribution in [3.8, 4) is 11.5 Å². The van der Waals surface area contributed by atoms with Crippen LogP contribution < -0.4 is 10.2 Å². The predicted molar refractivity (Wildman–Crippen MR) is 85.5 cm³/mol. The van der Waals surface area contributed by atoms with E-state index >= 15 is 0 Å². The molecular weight excluding hydrogens is 280 g/mol. The Labute approximate surface area is 129 Å². The van der Waals surface area contributed by atoms with E-state index in [4.69, 9.17) is 4.74 Å². The SMILES string of the molecule is COc1cc(C(C)=NNC(=O)c2cccc(C)c2)ccc1O. The van der Waals surface area contributed by atoms with E-state index in [-0.39, 0.29) is 11.7 Å². The Hall–Kier alpha value is -2.82. The van der Waals surface area contributed by atoms with E-state index in [1.54, 1.807) is 31.2 Å². The highest BCUT2D eigenvalue weighted by Gasteiger charge is 2.07. The zero-order chi connectivity index (χ0) is 16.1. The van der Waals surface area contributed by atoms with E-state index in [0.29, 0.717) is 17.0 Å². The second-order valence-electron chi connectivity index (χ2n) is 4.89. The van der Waals surface area contributed by atoms with Crippen LogP contribution in [0.5, 0.6) is 11.5 Å². The number of amides is 1. The normalized spacial score (nSPS) is 11.1. The zero-order valence-corrected chi connectivity index (χ0v) is 12.8. The van der Waals surface area contributed by atoms with Crippen LogP contribution in [0.3, 0.4) is 0 Å². The third-order valence-corrected chi connectivity index (χ3v) is 3.20. The van der Waals surface area contributed by atoms with Gasteiger partial charge in [0.15, 0.2) is 11.5 Å². The van der Waals surface area contributed by atoms with Crippen LogP contribution in [0.1, 0.15) is 28.4 Å². The molecule has 5 heteroatoms. The molecule has 0 bridgehead atoms. The van der Waals surface area contributed by atoms with Crippen molar-refractivity contribution >= 4 is 11.6 Å². The summed E-state index contributed by atoms with van der Waals surface area (Å²) in [4.78, 5) is 12.0. The van der Waals surface area contributed by atoms with E-state index in [2.05, 4.69) is 10.5 Å². The summed E-state index contributed by atoms with van der Waals surface area (Å²) >= 11 is 0. The topological polar surface area (TPSA) is 70.9 Å². The molecule has 0 saturated heterocycles. The molecule has 2 rings (SSSR count). The summed E-state index contributed by atoms with van der Waals surface area (Å²) in [5, 5.41) is 13.7. The van der Waals surface area contributed by atoms with Gasteiger partial charge in [-0.3, -0.25) is 4.79 Å². The minimum absolute atomic E-state index is 0.0582. The maximum Gasteiger partial charge on any atom is 0.271 e. The molecular formula is C17H18N2O3. The lowest BCUT2D eigenvalue weighted by Crippen LogP contribution is -2.19. The Balaban J connectivity index is 2.14. The van der Waals surface area contributed by atoms with Gasteiger partial charge in [-0.1, -0.05) is 17.7 Å².